The summed E-state index contributed by atoms with van der Waals surface area (Å²) in [7, 11) is 0. The minimum absolute atomic E-state index is 0.360. The second kappa shape index (κ2) is 7.55. The van der Waals surface area contributed by atoms with E-state index in [2.05, 4.69) is 50.0 Å². The first kappa shape index (κ1) is 16.0. The van der Waals surface area contributed by atoms with E-state index in [-0.39, 0.29) is 0 Å². The van der Waals surface area contributed by atoms with Gasteiger partial charge in [0.2, 0.25) is 0 Å². The van der Waals surface area contributed by atoms with Gasteiger partial charge in [0.15, 0.2) is 0 Å². The van der Waals surface area contributed by atoms with E-state index >= 15 is 0 Å². The molecule has 0 radical (unpaired) electrons. The smallest absolute Gasteiger partial charge is 0.0674 e. The van der Waals surface area contributed by atoms with E-state index in [0.717, 1.165) is 32.8 Å². The first-order valence-corrected chi connectivity index (χ1v) is 8.50. The van der Waals surface area contributed by atoms with Crippen LogP contribution in [0.1, 0.15) is 37.4 Å². The largest absolute Gasteiger partial charge is 0.376 e. The van der Waals surface area contributed by atoms with Gasteiger partial charge in [-0.1, -0.05) is 13.8 Å². The highest BCUT2D eigenvalue weighted by atomic mass is 32.1. The molecule has 3 nitrogen and oxygen atoms in total. The van der Waals surface area contributed by atoms with E-state index in [9.17, 15) is 0 Å². The lowest BCUT2D eigenvalue weighted by Crippen LogP contribution is -2.46. The molecular weight excluding hydrogens is 268 g/mol. The van der Waals surface area contributed by atoms with E-state index in [1.165, 1.54) is 9.75 Å². The van der Waals surface area contributed by atoms with Crippen molar-refractivity contribution in [3.63, 3.8) is 0 Å². The van der Waals surface area contributed by atoms with Gasteiger partial charge in [-0.3, -0.25) is 4.90 Å². The first-order valence-electron chi connectivity index (χ1n) is 7.68. The van der Waals surface area contributed by atoms with Crippen LogP contribution in [0.2, 0.25) is 0 Å². The molecule has 0 amide bonds. The van der Waals surface area contributed by atoms with Crippen LogP contribution >= 0.6 is 11.3 Å². The van der Waals surface area contributed by atoms with Gasteiger partial charge < -0.3 is 10.1 Å². The number of nitrogens with one attached hydrogen (secondary N) is 1. The second-order valence-electron chi connectivity index (χ2n) is 6.32. The molecule has 1 aliphatic heterocycles. The minimum atomic E-state index is 0.360. The molecule has 4 heteroatoms. The zero-order chi connectivity index (χ0) is 14.5. The highest BCUT2D eigenvalue weighted by molar-refractivity contribution is 7.11. The molecule has 1 N–H and O–H groups in total. The Morgan fingerprint density at radius 3 is 2.85 bits per heavy atom. The number of rotatable bonds is 6. The van der Waals surface area contributed by atoms with Gasteiger partial charge in [0.1, 0.15) is 0 Å². The molecular formula is C16H28N2OS. The molecule has 1 saturated heterocycles. The Labute approximate surface area is 127 Å². The zero-order valence-corrected chi connectivity index (χ0v) is 14.0. The van der Waals surface area contributed by atoms with Gasteiger partial charge in [-0.15, -0.1) is 11.3 Å². The van der Waals surface area contributed by atoms with E-state index in [0.29, 0.717) is 18.1 Å². The molecule has 20 heavy (non-hydrogen) atoms. The number of hydrogen-bond donors (Lipinski definition) is 1. The first-order chi connectivity index (χ1) is 9.54. The summed E-state index contributed by atoms with van der Waals surface area (Å²) in [6.07, 6.45) is 0.360. The molecule has 0 bridgehead atoms. The van der Waals surface area contributed by atoms with Crippen LogP contribution < -0.4 is 5.32 Å². The molecule has 1 aromatic heterocycles. The van der Waals surface area contributed by atoms with Crippen molar-refractivity contribution in [1.82, 2.24) is 10.2 Å². The van der Waals surface area contributed by atoms with Crippen molar-refractivity contribution < 1.29 is 4.74 Å². The fourth-order valence-electron chi connectivity index (χ4n) is 2.48. The maximum absolute atomic E-state index is 5.69. The Morgan fingerprint density at radius 2 is 2.10 bits per heavy atom. The Hall–Kier alpha value is -0.420. The maximum atomic E-state index is 5.69. The Morgan fingerprint density at radius 1 is 1.35 bits per heavy atom. The van der Waals surface area contributed by atoms with Gasteiger partial charge in [0.05, 0.1) is 12.7 Å². The van der Waals surface area contributed by atoms with Gasteiger partial charge in [0.25, 0.3) is 0 Å². The number of ether oxygens (including phenoxy) is 1. The monoisotopic (exact) mass is 296 g/mol. The molecule has 2 atom stereocenters. The topological polar surface area (TPSA) is 24.5 Å². The van der Waals surface area contributed by atoms with E-state index in [4.69, 9.17) is 4.74 Å². The number of nitrogens with zero attached hydrogens (tertiary/aromatic N) is 1. The van der Waals surface area contributed by atoms with Crippen LogP contribution in [0.25, 0.3) is 0 Å². The highest BCUT2D eigenvalue weighted by Gasteiger charge is 2.23. The molecule has 114 valence electrons. The number of hydrogen-bond acceptors (Lipinski definition) is 4. The van der Waals surface area contributed by atoms with Crippen LogP contribution in [0, 0.1) is 5.92 Å². The standard InChI is InChI=1S/C16H28N2OS/c1-12(2)7-17-8-15-5-6-16(20-15)10-18-9-14(4)19-11-13(18)3/h5-6,12-14,17H,7-11H2,1-4H3. The van der Waals surface area contributed by atoms with Gasteiger partial charge in [-0.2, -0.15) is 0 Å². The quantitative estimate of drug-likeness (QED) is 0.873. The second-order valence-corrected chi connectivity index (χ2v) is 7.57. The molecule has 0 spiro atoms. The van der Waals surface area contributed by atoms with Gasteiger partial charge in [-0.05, 0) is 38.4 Å². The molecule has 0 aliphatic carbocycles. The molecule has 0 saturated carbocycles. The van der Waals surface area contributed by atoms with E-state index in [1.807, 2.05) is 11.3 Å². The summed E-state index contributed by atoms with van der Waals surface area (Å²) in [6, 6.07) is 5.07. The van der Waals surface area contributed by atoms with Crippen LogP contribution in [-0.2, 0) is 17.8 Å². The lowest BCUT2D eigenvalue weighted by atomic mass is 10.2. The third kappa shape index (κ3) is 4.85. The van der Waals surface area contributed by atoms with Crippen LogP contribution in [0.15, 0.2) is 12.1 Å². The predicted octanol–water partition coefficient (Wildman–Crippen LogP) is 3.10. The fourth-order valence-corrected chi connectivity index (χ4v) is 3.49. The van der Waals surface area contributed by atoms with E-state index in [1.54, 1.807) is 0 Å². The predicted molar refractivity (Wildman–Crippen MR) is 86.1 cm³/mol. The zero-order valence-electron chi connectivity index (χ0n) is 13.2. The lowest BCUT2D eigenvalue weighted by Gasteiger charge is -2.36. The van der Waals surface area contributed by atoms with Crippen molar-refractivity contribution in [3.05, 3.63) is 21.9 Å². The highest BCUT2D eigenvalue weighted by Crippen LogP contribution is 2.21. The van der Waals surface area contributed by atoms with Crippen molar-refractivity contribution in [1.29, 1.82) is 0 Å². The Kier molecular flexibility index (Phi) is 6.02. The average molecular weight is 296 g/mol. The fraction of sp³-hybridized carbons (Fsp3) is 0.750. The van der Waals surface area contributed by atoms with Crippen LogP contribution in [0.4, 0.5) is 0 Å². The van der Waals surface area contributed by atoms with Gasteiger partial charge in [-0.25, -0.2) is 0 Å². The van der Waals surface area contributed by atoms with Gasteiger partial charge >= 0.3 is 0 Å². The number of thiophene rings is 1. The summed E-state index contributed by atoms with van der Waals surface area (Å²) in [6.45, 7) is 13.9. The summed E-state index contributed by atoms with van der Waals surface area (Å²) in [5, 5.41) is 3.51. The summed E-state index contributed by atoms with van der Waals surface area (Å²) in [5.74, 6) is 0.713. The molecule has 2 unspecified atom stereocenters. The van der Waals surface area contributed by atoms with Crippen molar-refractivity contribution in [3.8, 4) is 0 Å². The van der Waals surface area contributed by atoms with Crippen molar-refractivity contribution in [2.24, 2.45) is 5.92 Å². The summed E-state index contributed by atoms with van der Waals surface area (Å²) in [5.41, 5.74) is 0. The third-order valence-corrected chi connectivity index (χ3v) is 4.73. The van der Waals surface area contributed by atoms with E-state index < -0.39 is 0 Å². The van der Waals surface area contributed by atoms with Crippen LogP contribution in [0.5, 0.6) is 0 Å². The van der Waals surface area contributed by atoms with Crippen LogP contribution in [0.3, 0.4) is 0 Å². The number of morpholine rings is 1. The summed E-state index contributed by atoms with van der Waals surface area (Å²) >= 11 is 1.94. The maximum Gasteiger partial charge on any atom is 0.0674 e. The molecule has 1 fully saturated rings. The van der Waals surface area contributed by atoms with Crippen molar-refractivity contribution in [2.75, 3.05) is 19.7 Å². The molecule has 1 aromatic rings. The minimum Gasteiger partial charge on any atom is -0.376 e. The summed E-state index contributed by atoms with van der Waals surface area (Å²) < 4.78 is 5.69. The summed E-state index contributed by atoms with van der Waals surface area (Å²) in [4.78, 5) is 5.44. The van der Waals surface area contributed by atoms with Crippen LogP contribution in [-0.4, -0.2) is 36.7 Å². The third-order valence-electron chi connectivity index (χ3n) is 3.66. The molecule has 1 aliphatic rings. The normalized spacial score (nSPS) is 24.4. The van der Waals surface area contributed by atoms with Gasteiger partial charge in [0, 0.05) is 35.4 Å². The molecule has 2 heterocycles. The SMILES string of the molecule is CC(C)CNCc1ccc(CN2CC(C)OCC2C)s1. The molecule has 2 rings (SSSR count). The molecule has 0 aromatic carbocycles. The van der Waals surface area contributed by atoms with Crippen molar-refractivity contribution in [2.45, 2.75) is 52.9 Å². The lowest BCUT2D eigenvalue weighted by molar-refractivity contribution is -0.0523. The average Bonchev–Trinajstić information content (AvgIpc) is 2.81. The van der Waals surface area contributed by atoms with Crippen molar-refractivity contribution >= 4 is 11.3 Å². The Bertz CT molecular complexity index is 405. The Balaban J connectivity index is 1.82.